The minimum absolute atomic E-state index is 0.0454. The first-order valence-corrected chi connectivity index (χ1v) is 14.6. The van der Waals surface area contributed by atoms with E-state index in [1.54, 1.807) is 18.2 Å². The van der Waals surface area contributed by atoms with E-state index in [0.717, 1.165) is 53.4 Å². The van der Waals surface area contributed by atoms with Gasteiger partial charge in [-0.15, -0.1) is 0 Å². The molecule has 1 saturated carbocycles. The number of nitrogens with zero attached hydrogens (tertiary/aromatic N) is 3. The molecule has 6 rings (SSSR count). The zero-order valence-corrected chi connectivity index (χ0v) is 23.3. The molecule has 0 spiro atoms. The molecule has 198 valence electrons. The van der Waals surface area contributed by atoms with Crippen molar-refractivity contribution in [1.29, 1.82) is 0 Å². The molecular formula is C32H29ClFN3OS. The van der Waals surface area contributed by atoms with Crippen molar-refractivity contribution in [1.82, 2.24) is 9.47 Å². The molecule has 0 unspecified atom stereocenters. The fraction of sp³-hybridized carbons (Fsp3) is 0.250. The van der Waals surface area contributed by atoms with Gasteiger partial charge in [0.05, 0.1) is 4.91 Å². The average Bonchev–Trinajstić information content (AvgIpc) is 3.40. The molecule has 4 nitrogen and oxygen atoms in total. The minimum atomic E-state index is -0.389. The van der Waals surface area contributed by atoms with Crippen LogP contribution in [0.25, 0.3) is 17.0 Å². The van der Waals surface area contributed by atoms with Gasteiger partial charge in [-0.2, -0.15) is 0 Å². The van der Waals surface area contributed by atoms with Gasteiger partial charge < -0.3 is 4.57 Å². The van der Waals surface area contributed by atoms with Crippen LogP contribution in [0.3, 0.4) is 0 Å². The van der Waals surface area contributed by atoms with E-state index < -0.39 is 0 Å². The van der Waals surface area contributed by atoms with E-state index in [-0.39, 0.29) is 23.5 Å². The number of aliphatic imine (C=N–C) groups is 1. The van der Waals surface area contributed by atoms with Crippen LogP contribution in [0.5, 0.6) is 0 Å². The van der Waals surface area contributed by atoms with Crippen molar-refractivity contribution in [2.75, 3.05) is 0 Å². The van der Waals surface area contributed by atoms with Crippen LogP contribution in [0, 0.1) is 12.7 Å². The maximum absolute atomic E-state index is 14.5. The van der Waals surface area contributed by atoms with Crippen LogP contribution in [0.15, 0.2) is 82.7 Å². The summed E-state index contributed by atoms with van der Waals surface area (Å²) < 4.78 is 16.8. The van der Waals surface area contributed by atoms with E-state index in [4.69, 9.17) is 11.6 Å². The monoisotopic (exact) mass is 557 g/mol. The number of amidine groups is 1. The van der Waals surface area contributed by atoms with Crippen LogP contribution < -0.4 is 0 Å². The predicted octanol–water partition coefficient (Wildman–Crippen LogP) is 8.73. The average molecular weight is 558 g/mol. The SMILES string of the molecule is Cc1c(/C=C2\SC(=Nc3ccccc3F)N(C3CCCCC3)C2=O)c2ccccc2n1Cc1ccc(Cl)cc1. The summed E-state index contributed by atoms with van der Waals surface area (Å²) in [4.78, 5) is 21.0. The Hall–Kier alpha value is -3.35. The van der Waals surface area contributed by atoms with Crippen LogP contribution in [0.4, 0.5) is 10.1 Å². The number of fused-ring (bicyclic) bond motifs is 1. The number of thioether (sulfide) groups is 1. The summed E-state index contributed by atoms with van der Waals surface area (Å²) in [6.45, 7) is 2.79. The number of carbonyl (C=O) groups excluding carboxylic acids is 1. The van der Waals surface area contributed by atoms with Crippen molar-refractivity contribution < 1.29 is 9.18 Å². The number of para-hydroxylation sites is 2. The largest absolute Gasteiger partial charge is 0.340 e. The predicted molar refractivity (Wildman–Crippen MR) is 160 cm³/mol. The lowest BCUT2D eigenvalue weighted by atomic mass is 9.94. The molecule has 1 aromatic heterocycles. The second-order valence-electron chi connectivity index (χ2n) is 10.2. The van der Waals surface area contributed by atoms with Crippen LogP contribution >= 0.6 is 23.4 Å². The first-order valence-electron chi connectivity index (χ1n) is 13.4. The van der Waals surface area contributed by atoms with Crippen LogP contribution in [0.1, 0.15) is 48.9 Å². The van der Waals surface area contributed by atoms with Crippen molar-refractivity contribution in [3.05, 3.63) is 105 Å². The molecule has 1 aliphatic carbocycles. The summed E-state index contributed by atoms with van der Waals surface area (Å²) >= 11 is 7.46. The summed E-state index contributed by atoms with van der Waals surface area (Å²) in [6.07, 6.45) is 7.23. The van der Waals surface area contributed by atoms with Gasteiger partial charge in [0.25, 0.3) is 5.91 Å². The minimum Gasteiger partial charge on any atom is -0.340 e. The van der Waals surface area contributed by atoms with Gasteiger partial charge in [-0.05, 0) is 73.5 Å². The van der Waals surface area contributed by atoms with Gasteiger partial charge >= 0.3 is 0 Å². The van der Waals surface area contributed by atoms with Gasteiger partial charge in [0.2, 0.25) is 0 Å². The van der Waals surface area contributed by atoms with E-state index in [9.17, 15) is 9.18 Å². The van der Waals surface area contributed by atoms with Gasteiger partial charge in [0.1, 0.15) is 11.5 Å². The zero-order chi connectivity index (χ0) is 26.9. The van der Waals surface area contributed by atoms with Crippen molar-refractivity contribution in [3.63, 3.8) is 0 Å². The lowest BCUT2D eigenvalue weighted by Crippen LogP contribution is -2.40. The second kappa shape index (κ2) is 11.0. The summed E-state index contributed by atoms with van der Waals surface area (Å²) in [7, 11) is 0. The summed E-state index contributed by atoms with van der Waals surface area (Å²) in [5.74, 6) is -0.434. The third-order valence-corrected chi connectivity index (χ3v) is 8.89. The Kier molecular flexibility index (Phi) is 7.32. The van der Waals surface area contributed by atoms with Crippen LogP contribution in [-0.4, -0.2) is 26.6 Å². The molecule has 4 aromatic rings. The first-order chi connectivity index (χ1) is 19.0. The Labute approximate surface area is 237 Å². The molecule has 0 atom stereocenters. The maximum atomic E-state index is 14.5. The van der Waals surface area contributed by atoms with Crippen molar-refractivity contribution in [2.45, 2.75) is 51.6 Å². The van der Waals surface area contributed by atoms with E-state index >= 15 is 0 Å². The van der Waals surface area contributed by atoms with Gasteiger partial charge in [-0.25, -0.2) is 9.38 Å². The third kappa shape index (κ3) is 5.15. The van der Waals surface area contributed by atoms with Crippen molar-refractivity contribution in [3.8, 4) is 0 Å². The number of rotatable bonds is 5. The molecule has 0 N–H and O–H groups in total. The highest BCUT2D eigenvalue weighted by Crippen LogP contribution is 2.40. The molecule has 7 heteroatoms. The van der Waals surface area contributed by atoms with Crippen LogP contribution in [-0.2, 0) is 11.3 Å². The molecule has 3 aromatic carbocycles. The van der Waals surface area contributed by atoms with Crippen LogP contribution in [0.2, 0.25) is 5.02 Å². The molecule has 2 aliphatic rings. The Bertz CT molecular complexity index is 1600. The smallest absolute Gasteiger partial charge is 0.267 e. The summed E-state index contributed by atoms with van der Waals surface area (Å²) in [5.41, 5.74) is 4.61. The summed E-state index contributed by atoms with van der Waals surface area (Å²) in [5, 5.41) is 2.37. The number of halogens is 2. The Morgan fingerprint density at radius 3 is 2.49 bits per heavy atom. The fourth-order valence-corrected chi connectivity index (χ4v) is 6.78. The third-order valence-electron chi connectivity index (χ3n) is 7.65. The molecule has 39 heavy (non-hydrogen) atoms. The van der Waals surface area contributed by atoms with Gasteiger partial charge in [-0.3, -0.25) is 9.69 Å². The van der Waals surface area contributed by atoms with Gasteiger partial charge in [0, 0.05) is 39.8 Å². The molecule has 0 bridgehead atoms. The number of carbonyl (C=O) groups is 1. The lowest BCUT2D eigenvalue weighted by Gasteiger charge is -2.30. The Morgan fingerprint density at radius 1 is 1.00 bits per heavy atom. The topological polar surface area (TPSA) is 37.6 Å². The van der Waals surface area contributed by atoms with Gasteiger partial charge in [0.15, 0.2) is 5.17 Å². The summed E-state index contributed by atoms with van der Waals surface area (Å²) in [6, 6.07) is 22.7. The fourth-order valence-electron chi connectivity index (χ4n) is 5.62. The maximum Gasteiger partial charge on any atom is 0.267 e. The Morgan fingerprint density at radius 2 is 1.72 bits per heavy atom. The zero-order valence-electron chi connectivity index (χ0n) is 21.7. The van der Waals surface area contributed by atoms with E-state index in [1.165, 1.54) is 24.2 Å². The first kappa shape index (κ1) is 25.9. The highest BCUT2D eigenvalue weighted by Gasteiger charge is 2.39. The number of hydrogen-bond donors (Lipinski definition) is 0. The standard InChI is InChI=1S/C32H29ClFN3OS/c1-21-26(25-11-5-8-14-29(25)36(21)20-22-15-17-23(33)18-16-22)19-30-31(38)37(24-9-3-2-4-10-24)32(39-30)35-28-13-7-6-12-27(28)34/h5-8,11-19,24H,2-4,9-10,20H2,1H3/b30-19-,35-32?. The van der Waals surface area contributed by atoms with Gasteiger partial charge in [-0.1, -0.05) is 73.3 Å². The van der Waals surface area contributed by atoms with Crippen molar-refractivity contribution in [2.24, 2.45) is 4.99 Å². The number of amides is 1. The lowest BCUT2D eigenvalue weighted by molar-refractivity contribution is -0.124. The number of aromatic nitrogens is 1. The molecule has 1 saturated heterocycles. The van der Waals surface area contributed by atoms with E-state index in [2.05, 4.69) is 28.6 Å². The van der Waals surface area contributed by atoms with E-state index in [0.29, 0.717) is 21.6 Å². The number of benzene rings is 3. The molecule has 0 radical (unpaired) electrons. The Balaban J connectivity index is 1.42. The van der Waals surface area contributed by atoms with Crippen molar-refractivity contribution >= 4 is 57.1 Å². The normalized spacial score (nSPS) is 18.6. The highest BCUT2D eigenvalue weighted by atomic mass is 35.5. The quantitative estimate of drug-likeness (QED) is 0.230. The molecule has 1 amide bonds. The molecule has 2 heterocycles. The highest BCUT2D eigenvalue weighted by molar-refractivity contribution is 8.18. The van der Waals surface area contributed by atoms with E-state index in [1.807, 2.05) is 47.4 Å². The second-order valence-corrected chi connectivity index (χ2v) is 11.6. The number of hydrogen-bond acceptors (Lipinski definition) is 3. The molecule has 1 aliphatic heterocycles. The molecule has 2 fully saturated rings. The molecular weight excluding hydrogens is 529 g/mol.